The summed E-state index contributed by atoms with van der Waals surface area (Å²) in [5, 5.41) is 0. The summed E-state index contributed by atoms with van der Waals surface area (Å²) in [4.78, 5) is 0. The van der Waals surface area contributed by atoms with Gasteiger partial charge in [0.2, 0.25) is 0 Å². The third-order valence-corrected chi connectivity index (χ3v) is 7.48. The Balaban J connectivity index is 3.21. The monoisotopic (exact) mass is 362 g/mol. The van der Waals surface area contributed by atoms with Gasteiger partial charge in [0.25, 0.3) is 0 Å². The molecule has 0 bridgehead atoms. The average Bonchev–Trinajstić information content (AvgIpc) is 2.05. The Morgan fingerprint density at radius 2 is 1.38 bits per heavy atom. The molecule has 1 aliphatic heterocycles. The molecule has 0 radical (unpaired) electrons. The topological polar surface area (TPSA) is 0 Å². The van der Waals surface area contributed by atoms with E-state index < -0.39 is 43.2 Å². The Hall–Kier alpha value is 0.110. The van der Waals surface area contributed by atoms with Crippen LogP contribution in [0.2, 0.25) is 7.93 Å². The van der Waals surface area contributed by atoms with Gasteiger partial charge in [-0.25, -0.2) is 0 Å². The van der Waals surface area contributed by atoms with Gasteiger partial charge in [0.15, 0.2) is 0 Å². The first-order valence-electron chi connectivity index (χ1n) is 4.44. The van der Waals surface area contributed by atoms with E-state index in [1.807, 2.05) is 0 Å². The van der Waals surface area contributed by atoms with Gasteiger partial charge in [-0.05, 0) is 0 Å². The van der Waals surface area contributed by atoms with E-state index in [1.54, 1.807) is 6.92 Å². The Morgan fingerprint density at radius 1 is 0.938 bits per heavy atom. The van der Waals surface area contributed by atoms with Crippen molar-refractivity contribution in [3.8, 4) is 0 Å². The first-order valence-corrected chi connectivity index (χ1v) is 7.25. The first kappa shape index (κ1) is 14.2. The molecule has 1 heterocycles. The zero-order valence-corrected chi connectivity index (χ0v) is 10.9. The molecule has 0 amide bonds. The SMILES string of the molecule is CC1=C(C)CC(C(F)(F)F)(C(F)(F)F)[Te]C1. The molecule has 0 N–H and O–H groups in total. The summed E-state index contributed by atoms with van der Waals surface area (Å²) in [5.41, 5.74) is 0.914. The third kappa shape index (κ3) is 2.21. The van der Waals surface area contributed by atoms with Crippen LogP contribution < -0.4 is 0 Å². The van der Waals surface area contributed by atoms with E-state index in [1.165, 1.54) is 6.92 Å². The summed E-state index contributed by atoms with van der Waals surface area (Å²) in [6.07, 6.45) is -11.3. The summed E-state index contributed by atoms with van der Waals surface area (Å²) < 4.78 is 72.7. The van der Waals surface area contributed by atoms with Crippen molar-refractivity contribution in [1.29, 1.82) is 0 Å². The van der Waals surface area contributed by atoms with Crippen molar-refractivity contribution in [3.05, 3.63) is 11.1 Å². The fourth-order valence-electron chi connectivity index (χ4n) is 1.45. The normalized spacial score (nSPS) is 22.5. The van der Waals surface area contributed by atoms with Crippen LogP contribution in [-0.2, 0) is 0 Å². The number of halogens is 6. The molecule has 0 spiro atoms. The number of allylic oxidation sites excluding steroid dienone is 2. The van der Waals surface area contributed by atoms with Crippen molar-refractivity contribution in [2.75, 3.05) is 0 Å². The zero-order chi connectivity index (χ0) is 12.8. The van der Waals surface area contributed by atoms with E-state index in [4.69, 9.17) is 0 Å². The van der Waals surface area contributed by atoms with Crippen LogP contribution in [0, 0.1) is 0 Å². The van der Waals surface area contributed by atoms with Crippen molar-refractivity contribution in [3.63, 3.8) is 0 Å². The molecule has 0 fully saturated rings. The second kappa shape index (κ2) is 4.09. The molecule has 0 aromatic heterocycles. The summed E-state index contributed by atoms with van der Waals surface area (Å²) in [6.45, 7) is 2.96. The standard InChI is InChI=1S/C9H10F6Te/c1-5-3-7(8(10,11)12,9(13,14)15)16-4-6(5)2/h3-4H2,1-2H3. The maximum atomic E-state index is 12.7. The molecular weight excluding hydrogens is 350 g/mol. The second-order valence-electron chi connectivity index (χ2n) is 3.85. The van der Waals surface area contributed by atoms with Crippen LogP contribution in [0.4, 0.5) is 26.3 Å². The average molecular weight is 360 g/mol. The van der Waals surface area contributed by atoms with Gasteiger partial charge >= 0.3 is 99.0 Å². The molecule has 0 saturated carbocycles. The predicted molar refractivity (Wildman–Crippen MR) is 48.4 cm³/mol. The first-order chi connectivity index (χ1) is 7.01. The fourth-order valence-corrected chi connectivity index (χ4v) is 5.32. The van der Waals surface area contributed by atoms with Gasteiger partial charge < -0.3 is 0 Å². The van der Waals surface area contributed by atoms with Crippen LogP contribution in [0.15, 0.2) is 11.1 Å². The van der Waals surface area contributed by atoms with Gasteiger partial charge in [-0.15, -0.1) is 0 Å². The zero-order valence-electron chi connectivity index (χ0n) is 8.59. The number of hydrogen-bond donors (Lipinski definition) is 0. The second-order valence-corrected chi connectivity index (χ2v) is 7.49. The Morgan fingerprint density at radius 3 is 1.69 bits per heavy atom. The van der Waals surface area contributed by atoms with E-state index in [-0.39, 0.29) is 10.0 Å². The molecule has 0 aliphatic carbocycles. The Labute approximate surface area is 99.2 Å². The van der Waals surface area contributed by atoms with Crippen molar-refractivity contribution in [2.45, 2.75) is 40.6 Å². The van der Waals surface area contributed by atoms with Crippen LogP contribution in [0.3, 0.4) is 0 Å². The van der Waals surface area contributed by atoms with E-state index in [2.05, 4.69) is 0 Å². The molecule has 0 saturated heterocycles. The molecular formula is C9H10F6Te. The van der Waals surface area contributed by atoms with E-state index in [0.717, 1.165) is 0 Å². The third-order valence-electron chi connectivity index (χ3n) is 2.69. The number of hydrogen-bond acceptors (Lipinski definition) is 0. The minimum atomic E-state index is -5.19. The molecule has 0 aromatic rings. The van der Waals surface area contributed by atoms with Gasteiger partial charge in [0.05, 0.1) is 0 Å². The van der Waals surface area contributed by atoms with Gasteiger partial charge in [-0.2, -0.15) is 0 Å². The van der Waals surface area contributed by atoms with Crippen molar-refractivity contribution in [2.24, 2.45) is 0 Å². The number of alkyl halides is 6. The van der Waals surface area contributed by atoms with Crippen LogP contribution in [0.25, 0.3) is 0 Å². The molecule has 0 atom stereocenters. The molecule has 1 aliphatic rings. The molecule has 94 valence electrons. The van der Waals surface area contributed by atoms with Crippen LogP contribution in [0.1, 0.15) is 20.3 Å². The minimum absolute atomic E-state index is 0.0180. The number of rotatable bonds is 0. The molecule has 0 aromatic carbocycles. The fraction of sp³-hybridized carbons (Fsp3) is 0.778. The van der Waals surface area contributed by atoms with E-state index >= 15 is 0 Å². The molecule has 1 rings (SSSR count). The van der Waals surface area contributed by atoms with E-state index in [0.29, 0.717) is 5.57 Å². The Bertz CT molecular complexity index is 297. The van der Waals surface area contributed by atoms with Gasteiger partial charge in [-0.3, -0.25) is 0 Å². The van der Waals surface area contributed by atoms with Gasteiger partial charge in [0.1, 0.15) is 0 Å². The molecule has 7 heteroatoms. The summed E-state index contributed by atoms with van der Waals surface area (Å²) in [6, 6.07) is 0. The molecule has 0 nitrogen and oxygen atoms in total. The summed E-state index contributed by atoms with van der Waals surface area (Å²) in [5.74, 6) is 0. The van der Waals surface area contributed by atoms with Gasteiger partial charge in [-0.1, -0.05) is 0 Å². The maximum absolute atomic E-state index is 12.7. The molecule has 0 unspecified atom stereocenters. The van der Waals surface area contributed by atoms with Crippen LogP contribution >= 0.6 is 0 Å². The predicted octanol–water partition coefficient (Wildman–Crippen LogP) is 4.13. The molecule has 16 heavy (non-hydrogen) atoms. The van der Waals surface area contributed by atoms with Crippen molar-refractivity contribution < 1.29 is 26.3 Å². The van der Waals surface area contributed by atoms with Crippen molar-refractivity contribution >= 4 is 20.9 Å². The summed E-state index contributed by atoms with van der Waals surface area (Å²) >= 11 is -2.19. The quantitative estimate of drug-likeness (QED) is 0.346. The Kier molecular flexibility index (Phi) is 3.63. The van der Waals surface area contributed by atoms with Crippen molar-refractivity contribution in [1.82, 2.24) is 0 Å². The summed E-state index contributed by atoms with van der Waals surface area (Å²) in [7, 11) is 0. The van der Waals surface area contributed by atoms with Gasteiger partial charge in [0, 0.05) is 0 Å². The van der Waals surface area contributed by atoms with Crippen LogP contribution in [-0.4, -0.2) is 33.3 Å². The van der Waals surface area contributed by atoms with E-state index in [9.17, 15) is 26.3 Å². The van der Waals surface area contributed by atoms with Crippen LogP contribution in [0.5, 0.6) is 0 Å².